The van der Waals surface area contributed by atoms with Crippen LogP contribution in [0.2, 0.25) is 0 Å². The van der Waals surface area contributed by atoms with Gasteiger partial charge < -0.3 is 5.32 Å². The topological polar surface area (TPSA) is 29.1 Å². The number of nitrogens with one attached hydrogen (secondary N) is 1. The average molecular weight is 322 g/mol. The SMILES string of the molecule is O=C1NC2CCCCC2CC1SCCC1CC1(Cl)Cl. The van der Waals surface area contributed by atoms with Crippen molar-refractivity contribution in [1.82, 2.24) is 5.32 Å². The number of hydrogen-bond acceptors (Lipinski definition) is 2. The lowest BCUT2D eigenvalue weighted by atomic mass is 9.79. The van der Waals surface area contributed by atoms with Crippen molar-refractivity contribution in [3.63, 3.8) is 0 Å². The first kappa shape index (κ1) is 14.3. The summed E-state index contributed by atoms with van der Waals surface area (Å²) >= 11 is 13.9. The normalized spacial score (nSPS) is 40.4. The van der Waals surface area contributed by atoms with Crippen LogP contribution in [-0.2, 0) is 4.79 Å². The molecule has 2 nitrogen and oxygen atoms in total. The molecule has 0 bridgehead atoms. The third kappa shape index (κ3) is 3.36. The third-order valence-corrected chi connectivity index (χ3v) is 6.99. The van der Waals surface area contributed by atoms with Gasteiger partial charge in [0, 0.05) is 6.04 Å². The molecule has 0 spiro atoms. The van der Waals surface area contributed by atoms with E-state index in [9.17, 15) is 4.79 Å². The molecule has 4 atom stereocenters. The van der Waals surface area contributed by atoms with Crippen LogP contribution in [0.25, 0.3) is 0 Å². The van der Waals surface area contributed by atoms with E-state index in [2.05, 4.69) is 5.32 Å². The lowest BCUT2D eigenvalue weighted by Gasteiger charge is -2.39. The summed E-state index contributed by atoms with van der Waals surface area (Å²) in [5.74, 6) is 2.41. The van der Waals surface area contributed by atoms with Crippen molar-refractivity contribution in [2.75, 3.05) is 5.75 Å². The summed E-state index contributed by atoms with van der Waals surface area (Å²) in [4.78, 5) is 12.1. The summed E-state index contributed by atoms with van der Waals surface area (Å²) in [6.45, 7) is 0. The quantitative estimate of drug-likeness (QED) is 0.799. The molecule has 4 unspecified atom stereocenters. The number of rotatable bonds is 4. The molecule has 0 aromatic heterocycles. The van der Waals surface area contributed by atoms with Crippen LogP contribution < -0.4 is 5.32 Å². The monoisotopic (exact) mass is 321 g/mol. The number of fused-ring (bicyclic) bond motifs is 1. The van der Waals surface area contributed by atoms with Crippen LogP contribution in [0.3, 0.4) is 0 Å². The van der Waals surface area contributed by atoms with Gasteiger partial charge in [0.2, 0.25) is 5.91 Å². The maximum Gasteiger partial charge on any atom is 0.233 e. The van der Waals surface area contributed by atoms with Crippen LogP contribution in [0, 0.1) is 11.8 Å². The van der Waals surface area contributed by atoms with E-state index in [1.807, 2.05) is 0 Å². The molecular formula is C14H21Cl2NOS. The van der Waals surface area contributed by atoms with E-state index in [1.54, 1.807) is 11.8 Å². The van der Waals surface area contributed by atoms with Crippen molar-refractivity contribution in [3.8, 4) is 0 Å². The van der Waals surface area contributed by atoms with Crippen molar-refractivity contribution < 1.29 is 4.79 Å². The van der Waals surface area contributed by atoms with Gasteiger partial charge in [-0.2, -0.15) is 0 Å². The second-order valence-corrected chi connectivity index (χ2v) is 9.06. The highest BCUT2D eigenvalue weighted by Gasteiger charge is 2.50. The Morgan fingerprint density at radius 1 is 1.32 bits per heavy atom. The van der Waals surface area contributed by atoms with Gasteiger partial charge in [-0.05, 0) is 49.7 Å². The highest BCUT2D eigenvalue weighted by atomic mass is 35.5. The van der Waals surface area contributed by atoms with Crippen molar-refractivity contribution in [2.45, 2.75) is 60.6 Å². The molecule has 2 saturated carbocycles. The molecule has 0 aromatic rings. The first-order chi connectivity index (χ1) is 9.06. The molecule has 1 aliphatic heterocycles. The number of hydrogen-bond donors (Lipinski definition) is 1. The van der Waals surface area contributed by atoms with E-state index >= 15 is 0 Å². The fourth-order valence-electron chi connectivity index (χ4n) is 3.42. The maximum atomic E-state index is 12.1. The summed E-state index contributed by atoms with van der Waals surface area (Å²) in [6, 6.07) is 0.458. The minimum Gasteiger partial charge on any atom is -0.352 e. The Morgan fingerprint density at radius 2 is 2.05 bits per heavy atom. The molecular weight excluding hydrogens is 301 g/mol. The van der Waals surface area contributed by atoms with Crippen LogP contribution in [0.5, 0.6) is 0 Å². The Bertz CT molecular complexity index is 363. The van der Waals surface area contributed by atoms with E-state index in [0.29, 0.717) is 17.9 Å². The number of thioether (sulfide) groups is 1. The molecule has 3 rings (SSSR count). The second-order valence-electron chi connectivity index (χ2n) is 6.21. The zero-order valence-corrected chi connectivity index (χ0v) is 13.4. The maximum absolute atomic E-state index is 12.1. The van der Waals surface area contributed by atoms with E-state index in [-0.39, 0.29) is 11.2 Å². The number of halogens is 2. The zero-order chi connectivity index (χ0) is 13.5. The van der Waals surface area contributed by atoms with E-state index in [4.69, 9.17) is 23.2 Å². The van der Waals surface area contributed by atoms with Gasteiger partial charge >= 0.3 is 0 Å². The molecule has 19 heavy (non-hydrogen) atoms. The average Bonchev–Trinajstić information content (AvgIpc) is 2.97. The minimum atomic E-state index is -0.468. The number of carbonyl (C=O) groups is 1. The summed E-state index contributed by atoms with van der Waals surface area (Å²) in [5.41, 5.74) is 0. The smallest absolute Gasteiger partial charge is 0.233 e. The first-order valence-corrected chi connectivity index (χ1v) is 9.16. The summed E-state index contributed by atoms with van der Waals surface area (Å²) in [7, 11) is 0. The third-order valence-electron chi connectivity index (χ3n) is 4.79. The van der Waals surface area contributed by atoms with Crippen LogP contribution in [0.1, 0.15) is 44.9 Å². The molecule has 108 valence electrons. The lowest BCUT2D eigenvalue weighted by molar-refractivity contribution is -0.124. The van der Waals surface area contributed by atoms with Gasteiger partial charge in [-0.15, -0.1) is 35.0 Å². The molecule has 1 saturated heterocycles. The minimum absolute atomic E-state index is 0.151. The van der Waals surface area contributed by atoms with E-state index in [0.717, 1.165) is 25.0 Å². The molecule has 3 aliphatic rings. The van der Waals surface area contributed by atoms with Gasteiger partial charge in [0.05, 0.1) is 5.25 Å². The lowest BCUT2D eigenvalue weighted by Crippen LogP contribution is -2.51. The Balaban J connectivity index is 1.44. The summed E-state index contributed by atoms with van der Waals surface area (Å²) in [6.07, 6.45) is 8.09. The van der Waals surface area contributed by atoms with Gasteiger partial charge in [0.15, 0.2) is 0 Å². The van der Waals surface area contributed by atoms with Crippen molar-refractivity contribution in [1.29, 1.82) is 0 Å². The molecule has 2 aliphatic carbocycles. The Labute approximate surface area is 129 Å². The van der Waals surface area contributed by atoms with Crippen LogP contribution in [0.15, 0.2) is 0 Å². The largest absolute Gasteiger partial charge is 0.352 e. The molecule has 5 heteroatoms. The van der Waals surface area contributed by atoms with Crippen molar-refractivity contribution >= 4 is 40.9 Å². The number of piperidine rings is 1. The Kier molecular flexibility index (Phi) is 4.26. The van der Waals surface area contributed by atoms with Gasteiger partial charge in [-0.1, -0.05) is 12.8 Å². The van der Waals surface area contributed by atoms with Crippen LogP contribution in [0.4, 0.5) is 0 Å². The summed E-state index contributed by atoms with van der Waals surface area (Å²) in [5, 5.41) is 3.38. The predicted octanol–water partition coefficient (Wildman–Crippen LogP) is 3.75. The van der Waals surface area contributed by atoms with Crippen LogP contribution >= 0.6 is 35.0 Å². The molecule has 0 radical (unpaired) electrons. The van der Waals surface area contributed by atoms with Gasteiger partial charge in [0.1, 0.15) is 4.33 Å². The fraction of sp³-hybridized carbons (Fsp3) is 0.929. The first-order valence-electron chi connectivity index (χ1n) is 7.36. The highest BCUT2D eigenvalue weighted by molar-refractivity contribution is 8.00. The Morgan fingerprint density at radius 3 is 2.79 bits per heavy atom. The van der Waals surface area contributed by atoms with Gasteiger partial charge in [0.25, 0.3) is 0 Å². The van der Waals surface area contributed by atoms with Gasteiger partial charge in [-0.3, -0.25) is 4.79 Å². The second kappa shape index (κ2) is 5.65. The van der Waals surface area contributed by atoms with Crippen molar-refractivity contribution in [3.05, 3.63) is 0 Å². The van der Waals surface area contributed by atoms with Gasteiger partial charge in [-0.25, -0.2) is 0 Å². The molecule has 1 heterocycles. The number of carbonyl (C=O) groups excluding carboxylic acids is 1. The van der Waals surface area contributed by atoms with E-state index < -0.39 is 4.33 Å². The molecule has 1 N–H and O–H groups in total. The highest BCUT2D eigenvalue weighted by Crippen LogP contribution is 2.55. The van der Waals surface area contributed by atoms with Crippen LogP contribution in [-0.4, -0.2) is 27.3 Å². The standard InChI is InChI=1S/C14H21Cl2NOS/c15-14(16)8-10(14)5-6-19-12-7-9-3-1-2-4-11(9)17-13(12)18/h9-12H,1-8H2,(H,17,18). The molecule has 0 aromatic carbocycles. The Hall–Kier alpha value is 0.400. The summed E-state index contributed by atoms with van der Waals surface area (Å²) < 4.78 is -0.468. The predicted molar refractivity (Wildman–Crippen MR) is 81.9 cm³/mol. The number of alkyl halides is 2. The van der Waals surface area contributed by atoms with E-state index in [1.165, 1.54) is 25.7 Å². The molecule has 3 fully saturated rings. The molecule has 1 amide bonds. The fourth-order valence-corrected chi connectivity index (χ4v) is 5.32. The number of amides is 1. The zero-order valence-electron chi connectivity index (χ0n) is 11.0. The van der Waals surface area contributed by atoms with Crippen molar-refractivity contribution in [2.24, 2.45) is 11.8 Å².